The number of hydrogen-bond donors (Lipinski definition) is 3. The van der Waals surface area contributed by atoms with E-state index in [2.05, 4.69) is 15.6 Å². The van der Waals surface area contributed by atoms with Crippen LogP contribution in [0.15, 0.2) is 39.7 Å². The van der Waals surface area contributed by atoms with E-state index in [0.29, 0.717) is 12.5 Å². The highest BCUT2D eigenvalue weighted by Crippen LogP contribution is 2.28. The first-order chi connectivity index (χ1) is 11.1. The first-order valence-corrected chi connectivity index (χ1v) is 8.28. The molecular weight excluding hydrogens is 290 g/mol. The molecule has 1 aliphatic rings. The van der Waals surface area contributed by atoms with Crippen molar-refractivity contribution in [2.45, 2.75) is 44.2 Å². The lowest BCUT2D eigenvalue weighted by atomic mass is 10.0. The van der Waals surface area contributed by atoms with Gasteiger partial charge in [0, 0.05) is 19.0 Å². The van der Waals surface area contributed by atoms with Crippen molar-refractivity contribution in [3.05, 3.63) is 36.1 Å². The Morgan fingerprint density at radius 1 is 1.35 bits per heavy atom. The van der Waals surface area contributed by atoms with Gasteiger partial charge in [-0.05, 0) is 31.9 Å². The van der Waals surface area contributed by atoms with E-state index in [-0.39, 0.29) is 6.04 Å². The molecule has 1 aromatic carbocycles. The van der Waals surface area contributed by atoms with Gasteiger partial charge < -0.3 is 20.2 Å². The van der Waals surface area contributed by atoms with Crippen LogP contribution in [0.25, 0.3) is 11.0 Å². The molecule has 0 amide bonds. The van der Waals surface area contributed by atoms with Gasteiger partial charge in [-0.15, -0.1) is 0 Å². The second-order valence-electron chi connectivity index (χ2n) is 6.41. The molecule has 1 aromatic heterocycles. The smallest absolute Gasteiger partial charge is 0.191 e. The van der Waals surface area contributed by atoms with Gasteiger partial charge in [-0.1, -0.05) is 31.0 Å². The number of hydrogen-bond acceptors (Lipinski definition) is 3. The lowest BCUT2D eigenvalue weighted by Crippen LogP contribution is -2.46. The van der Waals surface area contributed by atoms with Crippen LogP contribution >= 0.6 is 0 Å². The predicted molar refractivity (Wildman–Crippen MR) is 92.5 cm³/mol. The van der Waals surface area contributed by atoms with Crippen LogP contribution in [0.2, 0.25) is 0 Å². The maximum atomic E-state index is 10.4. The molecule has 0 aliphatic heterocycles. The van der Waals surface area contributed by atoms with Crippen LogP contribution in [0.3, 0.4) is 0 Å². The minimum atomic E-state index is -0.597. The monoisotopic (exact) mass is 315 g/mol. The number of furan rings is 1. The van der Waals surface area contributed by atoms with Gasteiger partial charge in [0.15, 0.2) is 5.96 Å². The van der Waals surface area contributed by atoms with Crippen LogP contribution in [0, 0.1) is 0 Å². The summed E-state index contributed by atoms with van der Waals surface area (Å²) in [5, 5.41) is 18.1. The van der Waals surface area contributed by atoms with Crippen molar-refractivity contribution < 1.29 is 9.52 Å². The fourth-order valence-corrected chi connectivity index (χ4v) is 3.14. The zero-order chi connectivity index (χ0) is 16.3. The summed E-state index contributed by atoms with van der Waals surface area (Å²) < 4.78 is 5.88. The lowest BCUT2D eigenvalue weighted by Gasteiger charge is -2.24. The maximum Gasteiger partial charge on any atom is 0.191 e. The molecule has 1 atom stereocenters. The third-order valence-electron chi connectivity index (χ3n) is 4.57. The Kier molecular flexibility index (Phi) is 4.57. The highest BCUT2D eigenvalue weighted by atomic mass is 16.3. The number of nitrogens with one attached hydrogen (secondary N) is 2. The molecule has 1 saturated carbocycles. The molecule has 5 heteroatoms. The topological polar surface area (TPSA) is 69.8 Å². The Labute approximate surface area is 136 Å². The van der Waals surface area contributed by atoms with E-state index in [1.807, 2.05) is 37.3 Å². The number of rotatable bonds is 4. The van der Waals surface area contributed by atoms with Crippen molar-refractivity contribution in [3.8, 4) is 0 Å². The van der Waals surface area contributed by atoms with E-state index in [4.69, 9.17) is 4.42 Å². The molecule has 3 rings (SSSR count). The van der Waals surface area contributed by atoms with Crippen LogP contribution in [-0.4, -0.2) is 30.3 Å². The molecule has 3 N–H and O–H groups in total. The van der Waals surface area contributed by atoms with E-state index in [1.165, 1.54) is 0 Å². The lowest BCUT2D eigenvalue weighted by molar-refractivity contribution is 0.0521. The quantitative estimate of drug-likeness (QED) is 0.599. The molecule has 1 unspecified atom stereocenters. The van der Waals surface area contributed by atoms with Crippen molar-refractivity contribution in [2.75, 3.05) is 13.6 Å². The van der Waals surface area contributed by atoms with E-state index in [9.17, 15) is 5.11 Å². The van der Waals surface area contributed by atoms with E-state index < -0.39 is 5.60 Å². The van der Waals surface area contributed by atoms with Crippen molar-refractivity contribution >= 4 is 16.9 Å². The molecule has 2 aromatic rings. The summed E-state index contributed by atoms with van der Waals surface area (Å²) in [6, 6.07) is 10.0. The Morgan fingerprint density at radius 3 is 2.78 bits per heavy atom. The molecule has 23 heavy (non-hydrogen) atoms. The summed E-state index contributed by atoms with van der Waals surface area (Å²) in [6.07, 6.45) is 3.91. The van der Waals surface area contributed by atoms with Gasteiger partial charge in [-0.3, -0.25) is 4.99 Å². The van der Waals surface area contributed by atoms with Gasteiger partial charge in [-0.25, -0.2) is 0 Å². The standard InChI is InChI=1S/C18H25N3O2/c1-13(16-11-14-7-3-4-8-15(14)23-16)21-17(19-2)20-12-18(22)9-5-6-10-18/h3-4,7-8,11,13,22H,5-6,9-10,12H2,1-2H3,(H2,19,20,21). The third-order valence-corrected chi connectivity index (χ3v) is 4.57. The van der Waals surface area contributed by atoms with Crippen LogP contribution in [0.4, 0.5) is 0 Å². The van der Waals surface area contributed by atoms with Gasteiger partial charge in [0.1, 0.15) is 11.3 Å². The molecule has 5 nitrogen and oxygen atoms in total. The molecule has 1 heterocycles. The SMILES string of the molecule is CN=C(NCC1(O)CCCC1)NC(C)c1cc2ccccc2o1. The second kappa shape index (κ2) is 6.62. The zero-order valence-electron chi connectivity index (χ0n) is 13.8. The van der Waals surface area contributed by atoms with E-state index in [0.717, 1.165) is 42.4 Å². The number of aliphatic hydroxyl groups is 1. The van der Waals surface area contributed by atoms with Crippen molar-refractivity contribution in [1.29, 1.82) is 0 Å². The van der Waals surface area contributed by atoms with Gasteiger partial charge in [0.2, 0.25) is 0 Å². The number of fused-ring (bicyclic) bond motifs is 1. The molecule has 0 saturated heterocycles. The summed E-state index contributed by atoms with van der Waals surface area (Å²) in [6.45, 7) is 2.56. The first-order valence-electron chi connectivity index (χ1n) is 8.28. The summed E-state index contributed by atoms with van der Waals surface area (Å²) in [7, 11) is 1.74. The maximum absolute atomic E-state index is 10.4. The minimum absolute atomic E-state index is 0.00757. The number of aliphatic imine (C=N–C) groups is 1. The first kappa shape index (κ1) is 15.9. The van der Waals surface area contributed by atoms with Gasteiger partial charge in [0.25, 0.3) is 0 Å². The average Bonchev–Trinajstić information content (AvgIpc) is 3.17. The zero-order valence-corrected chi connectivity index (χ0v) is 13.8. The Balaban J connectivity index is 1.61. The molecule has 124 valence electrons. The molecule has 0 spiro atoms. The molecule has 0 radical (unpaired) electrons. The number of guanidine groups is 1. The average molecular weight is 315 g/mol. The van der Waals surface area contributed by atoms with Gasteiger partial charge >= 0.3 is 0 Å². The molecule has 0 bridgehead atoms. The van der Waals surface area contributed by atoms with Crippen LogP contribution in [-0.2, 0) is 0 Å². The minimum Gasteiger partial charge on any atom is -0.459 e. The Morgan fingerprint density at radius 2 is 2.09 bits per heavy atom. The third kappa shape index (κ3) is 3.67. The Hall–Kier alpha value is -2.01. The van der Waals surface area contributed by atoms with Gasteiger partial charge in [0.05, 0.1) is 11.6 Å². The van der Waals surface area contributed by atoms with Crippen LogP contribution < -0.4 is 10.6 Å². The van der Waals surface area contributed by atoms with Crippen LogP contribution in [0.1, 0.15) is 44.4 Å². The molecule has 1 fully saturated rings. The number of para-hydroxylation sites is 1. The van der Waals surface area contributed by atoms with Gasteiger partial charge in [-0.2, -0.15) is 0 Å². The largest absolute Gasteiger partial charge is 0.459 e. The van der Waals surface area contributed by atoms with Crippen molar-refractivity contribution in [2.24, 2.45) is 4.99 Å². The fraction of sp³-hybridized carbons (Fsp3) is 0.500. The number of nitrogens with zero attached hydrogens (tertiary/aromatic N) is 1. The molecule has 1 aliphatic carbocycles. The van der Waals surface area contributed by atoms with Crippen molar-refractivity contribution in [1.82, 2.24) is 10.6 Å². The summed E-state index contributed by atoms with van der Waals surface area (Å²) in [4.78, 5) is 4.24. The molecular formula is C18H25N3O2. The normalized spacial score (nSPS) is 19.0. The predicted octanol–water partition coefficient (Wildman–Crippen LogP) is 2.96. The second-order valence-corrected chi connectivity index (χ2v) is 6.41. The van der Waals surface area contributed by atoms with E-state index in [1.54, 1.807) is 7.05 Å². The summed E-state index contributed by atoms with van der Waals surface area (Å²) in [5.74, 6) is 1.55. The summed E-state index contributed by atoms with van der Waals surface area (Å²) >= 11 is 0. The van der Waals surface area contributed by atoms with E-state index >= 15 is 0 Å². The fourth-order valence-electron chi connectivity index (χ4n) is 3.14. The summed E-state index contributed by atoms with van der Waals surface area (Å²) in [5.41, 5.74) is 0.291. The Bertz CT molecular complexity index is 653. The highest BCUT2D eigenvalue weighted by Gasteiger charge is 2.31. The van der Waals surface area contributed by atoms with Crippen molar-refractivity contribution in [3.63, 3.8) is 0 Å². The van der Waals surface area contributed by atoms with Crippen LogP contribution in [0.5, 0.6) is 0 Å². The number of benzene rings is 1. The highest BCUT2D eigenvalue weighted by molar-refractivity contribution is 5.81.